The quantitative estimate of drug-likeness (QED) is 0.523. The van der Waals surface area contributed by atoms with Crippen LogP contribution in [-0.2, 0) is 0 Å². The second-order valence-electron chi connectivity index (χ2n) is 8.32. The van der Waals surface area contributed by atoms with Gasteiger partial charge in [-0.15, -0.1) is 0 Å². The lowest BCUT2D eigenvalue weighted by Gasteiger charge is -2.49. The average molecular weight is 368 g/mol. The number of fused-ring (bicyclic) bond motifs is 5. The monoisotopic (exact) mass is 368 g/mol. The van der Waals surface area contributed by atoms with Crippen molar-refractivity contribution >= 4 is 16.5 Å². The third-order valence-electron chi connectivity index (χ3n) is 6.62. The molecule has 140 valence electrons. The van der Waals surface area contributed by atoms with Crippen LogP contribution in [-0.4, -0.2) is 16.4 Å². The van der Waals surface area contributed by atoms with Gasteiger partial charge in [0.2, 0.25) is 0 Å². The highest BCUT2D eigenvalue weighted by Crippen LogP contribution is 2.51. The molecule has 3 aromatic rings. The molecular weight excluding hydrogens is 344 g/mol. The summed E-state index contributed by atoms with van der Waals surface area (Å²) in [6.45, 7) is 0. The minimum absolute atomic E-state index is 0.268. The molecule has 0 bridgehead atoms. The first-order valence-electron chi connectivity index (χ1n) is 10.5. The van der Waals surface area contributed by atoms with Crippen molar-refractivity contribution < 1.29 is 4.74 Å². The van der Waals surface area contributed by atoms with Gasteiger partial charge in [0.25, 0.3) is 0 Å². The molecule has 1 fully saturated rings. The molecule has 3 aliphatic rings. The zero-order valence-corrected chi connectivity index (χ0v) is 16.0. The van der Waals surface area contributed by atoms with E-state index >= 15 is 0 Å². The maximum absolute atomic E-state index is 6.65. The molecule has 0 radical (unpaired) electrons. The van der Waals surface area contributed by atoms with E-state index in [9.17, 15) is 0 Å². The third kappa shape index (κ3) is 2.39. The molecular formula is C25H24N2O. The molecule has 0 amide bonds. The Kier molecular flexibility index (Phi) is 3.52. The summed E-state index contributed by atoms with van der Waals surface area (Å²) in [5.74, 6) is 1.06. The van der Waals surface area contributed by atoms with Crippen molar-refractivity contribution in [2.24, 2.45) is 5.10 Å². The summed E-state index contributed by atoms with van der Waals surface area (Å²) in [4.78, 5) is 0. The summed E-state index contributed by atoms with van der Waals surface area (Å²) >= 11 is 0. The van der Waals surface area contributed by atoms with Gasteiger partial charge in [-0.05, 0) is 41.3 Å². The molecule has 1 atom stereocenters. The van der Waals surface area contributed by atoms with Gasteiger partial charge in [0.05, 0.1) is 11.8 Å². The minimum Gasteiger partial charge on any atom is -0.466 e. The SMILES string of the molecule is c1ccc2c(c1)OC1(CCCCC1)N1N=C(c3ccc4ccccc4c3)C[C@H]21. The Labute approximate surface area is 165 Å². The normalized spacial score (nSPS) is 22.5. The Bertz CT molecular complexity index is 1080. The van der Waals surface area contributed by atoms with Crippen LogP contribution in [0.1, 0.15) is 55.7 Å². The molecule has 3 aromatic carbocycles. The third-order valence-corrected chi connectivity index (χ3v) is 6.62. The highest BCUT2D eigenvalue weighted by molar-refractivity contribution is 6.04. The van der Waals surface area contributed by atoms with Crippen LogP contribution in [0.3, 0.4) is 0 Å². The van der Waals surface area contributed by atoms with Crippen LogP contribution >= 0.6 is 0 Å². The molecule has 0 saturated heterocycles. The predicted molar refractivity (Wildman–Crippen MR) is 113 cm³/mol. The van der Waals surface area contributed by atoms with Gasteiger partial charge >= 0.3 is 0 Å². The summed E-state index contributed by atoms with van der Waals surface area (Å²) in [5.41, 5.74) is 3.42. The topological polar surface area (TPSA) is 24.8 Å². The van der Waals surface area contributed by atoms with Crippen molar-refractivity contribution in [1.82, 2.24) is 5.01 Å². The van der Waals surface area contributed by atoms with E-state index in [-0.39, 0.29) is 11.8 Å². The molecule has 3 nitrogen and oxygen atoms in total. The molecule has 1 aliphatic carbocycles. The Morgan fingerprint density at radius 1 is 0.857 bits per heavy atom. The lowest BCUT2D eigenvalue weighted by Crippen LogP contribution is -2.54. The highest BCUT2D eigenvalue weighted by atomic mass is 16.5. The number of para-hydroxylation sites is 1. The first kappa shape index (κ1) is 16.2. The van der Waals surface area contributed by atoms with Crippen LogP contribution < -0.4 is 4.74 Å². The summed E-state index contributed by atoms with van der Waals surface area (Å²) in [5, 5.41) is 10.1. The molecule has 3 heteroatoms. The van der Waals surface area contributed by atoms with E-state index in [1.165, 1.54) is 46.9 Å². The summed E-state index contributed by atoms with van der Waals surface area (Å²) in [7, 11) is 0. The van der Waals surface area contributed by atoms with Crippen LogP contribution in [0, 0.1) is 0 Å². The van der Waals surface area contributed by atoms with Crippen molar-refractivity contribution in [3.8, 4) is 5.75 Å². The second kappa shape index (κ2) is 6.10. The Morgan fingerprint density at radius 2 is 1.64 bits per heavy atom. The van der Waals surface area contributed by atoms with Gasteiger partial charge in [0.1, 0.15) is 5.75 Å². The molecule has 1 spiro atoms. The first-order valence-corrected chi connectivity index (χ1v) is 10.5. The van der Waals surface area contributed by atoms with E-state index in [1.807, 2.05) is 0 Å². The van der Waals surface area contributed by atoms with Gasteiger partial charge in [-0.3, -0.25) is 0 Å². The van der Waals surface area contributed by atoms with Gasteiger partial charge in [0, 0.05) is 24.8 Å². The zero-order chi connectivity index (χ0) is 18.6. The van der Waals surface area contributed by atoms with E-state index in [2.05, 4.69) is 71.7 Å². The molecule has 6 rings (SSSR count). The zero-order valence-electron chi connectivity index (χ0n) is 16.0. The Morgan fingerprint density at radius 3 is 2.54 bits per heavy atom. The van der Waals surface area contributed by atoms with Gasteiger partial charge < -0.3 is 4.74 Å². The molecule has 2 aliphatic heterocycles. The fourth-order valence-corrected chi connectivity index (χ4v) is 5.21. The van der Waals surface area contributed by atoms with Gasteiger partial charge in [-0.25, -0.2) is 5.01 Å². The molecule has 0 unspecified atom stereocenters. The van der Waals surface area contributed by atoms with Crippen LogP contribution in [0.4, 0.5) is 0 Å². The molecule has 1 saturated carbocycles. The number of ether oxygens (including phenoxy) is 1. The molecule has 0 N–H and O–H groups in total. The molecule has 28 heavy (non-hydrogen) atoms. The largest absolute Gasteiger partial charge is 0.466 e. The fraction of sp³-hybridized carbons (Fsp3) is 0.320. The summed E-state index contributed by atoms with van der Waals surface area (Å²) in [6, 6.07) is 24.1. The van der Waals surface area contributed by atoms with Gasteiger partial charge in [-0.1, -0.05) is 61.0 Å². The summed E-state index contributed by atoms with van der Waals surface area (Å²) < 4.78 is 6.65. The Balaban J connectivity index is 1.45. The van der Waals surface area contributed by atoms with Crippen molar-refractivity contribution in [3.05, 3.63) is 77.9 Å². The summed E-state index contributed by atoms with van der Waals surface area (Å²) in [6.07, 6.45) is 6.80. The lowest BCUT2D eigenvalue weighted by molar-refractivity contribution is -0.140. The van der Waals surface area contributed by atoms with Crippen molar-refractivity contribution in [2.75, 3.05) is 0 Å². The average Bonchev–Trinajstić information content (AvgIpc) is 3.21. The van der Waals surface area contributed by atoms with E-state index in [0.29, 0.717) is 0 Å². The molecule has 2 heterocycles. The second-order valence-corrected chi connectivity index (χ2v) is 8.32. The predicted octanol–water partition coefficient (Wildman–Crippen LogP) is 6.04. The van der Waals surface area contributed by atoms with Crippen molar-refractivity contribution in [1.29, 1.82) is 0 Å². The fourth-order valence-electron chi connectivity index (χ4n) is 5.21. The number of nitrogens with zero attached hydrogens (tertiary/aromatic N) is 2. The van der Waals surface area contributed by atoms with Gasteiger partial charge in [0.15, 0.2) is 5.72 Å². The number of rotatable bonds is 1. The Hall–Kier alpha value is -2.81. The van der Waals surface area contributed by atoms with E-state index in [0.717, 1.165) is 25.0 Å². The van der Waals surface area contributed by atoms with Crippen molar-refractivity contribution in [2.45, 2.75) is 50.3 Å². The maximum atomic E-state index is 6.65. The van der Waals surface area contributed by atoms with E-state index in [1.54, 1.807) is 0 Å². The van der Waals surface area contributed by atoms with Crippen LogP contribution in [0.2, 0.25) is 0 Å². The maximum Gasteiger partial charge on any atom is 0.198 e. The number of hydrogen-bond acceptors (Lipinski definition) is 3. The first-order chi connectivity index (χ1) is 13.8. The lowest BCUT2D eigenvalue weighted by atomic mass is 9.86. The van der Waals surface area contributed by atoms with E-state index in [4.69, 9.17) is 9.84 Å². The van der Waals surface area contributed by atoms with Crippen LogP contribution in [0.25, 0.3) is 10.8 Å². The van der Waals surface area contributed by atoms with Gasteiger partial charge in [-0.2, -0.15) is 5.10 Å². The number of hydrogen-bond donors (Lipinski definition) is 0. The molecule has 0 aromatic heterocycles. The van der Waals surface area contributed by atoms with Crippen LogP contribution in [0.5, 0.6) is 5.75 Å². The highest BCUT2D eigenvalue weighted by Gasteiger charge is 2.50. The van der Waals surface area contributed by atoms with E-state index < -0.39 is 0 Å². The standard InChI is InChI=1S/C25H24N2O/c1-6-14-25(15-7-1)27-23(21-10-4-5-11-24(21)28-25)17-22(26-27)20-13-12-18-8-2-3-9-19(18)16-20/h2-5,8-13,16,23H,1,6-7,14-15,17H2/t23-/m1/s1. The number of benzene rings is 3. The van der Waals surface area contributed by atoms with Crippen molar-refractivity contribution in [3.63, 3.8) is 0 Å². The smallest absolute Gasteiger partial charge is 0.198 e. The number of hydrazone groups is 1. The minimum atomic E-state index is -0.268. The van der Waals surface area contributed by atoms with Crippen LogP contribution in [0.15, 0.2) is 71.8 Å².